The van der Waals surface area contributed by atoms with Crippen LogP contribution in [-0.2, 0) is 0 Å². The van der Waals surface area contributed by atoms with Crippen LogP contribution in [0.3, 0.4) is 0 Å². The summed E-state index contributed by atoms with van der Waals surface area (Å²) >= 11 is 0. The van der Waals surface area contributed by atoms with Gasteiger partial charge >= 0.3 is 0 Å². The number of nitrogens with one attached hydrogen (secondary N) is 1. The average Bonchev–Trinajstić information content (AvgIpc) is 2.34. The van der Waals surface area contributed by atoms with E-state index < -0.39 is 0 Å². The summed E-state index contributed by atoms with van der Waals surface area (Å²) in [5.41, 5.74) is 2.70. The van der Waals surface area contributed by atoms with Gasteiger partial charge in [-0.3, -0.25) is 4.98 Å². The molecule has 0 saturated carbocycles. The second kappa shape index (κ2) is 5.07. The van der Waals surface area contributed by atoms with E-state index in [0.29, 0.717) is 11.5 Å². The predicted octanol–water partition coefficient (Wildman–Crippen LogP) is 3.93. The highest BCUT2D eigenvalue weighted by Crippen LogP contribution is 2.30. The van der Waals surface area contributed by atoms with Gasteiger partial charge in [-0.2, -0.15) is 0 Å². The number of nitrogens with zero attached hydrogens (tertiary/aromatic N) is 1. The molecule has 0 fully saturated rings. The molecule has 96 valence electrons. The summed E-state index contributed by atoms with van der Waals surface area (Å²) in [5.74, 6) is 0. The van der Waals surface area contributed by atoms with Gasteiger partial charge in [0.2, 0.25) is 0 Å². The molecule has 1 heterocycles. The number of pyridine rings is 1. The van der Waals surface area contributed by atoms with Gasteiger partial charge in [-0.1, -0.05) is 39.0 Å². The van der Waals surface area contributed by atoms with Gasteiger partial charge in [-0.15, -0.1) is 0 Å². The van der Waals surface area contributed by atoms with Crippen molar-refractivity contribution in [2.24, 2.45) is 5.41 Å². The summed E-state index contributed by atoms with van der Waals surface area (Å²) in [6.45, 7) is 6.82. The van der Waals surface area contributed by atoms with E-state index in [1.54, 1.807) is 0 Å². The third-order valence-electron chi connectivity index (χ3n) is 3.20. The van der Waals surface area contributed by atoms with Crippen LogP contribution in [0.15, 0.2) is 36.5 Å². The minimum Gasteiger partial charge on any atom is -0.313 e. The summed E-state index contributed by atoms with van der Waals surface area (Å²) in [6.07, 6.45) is 2.96. The van der Waals surface area contributed by atoms with Crippen molar-refractivity contribution in [3.05, 3.63) is 42.1 Å². The van der Waals surface area contributed by atoms with E-state index in [0.717, 1.165) is 11.9 Å². The van der Waals surface area contributed by atoms with Crippen LogP contribution < -0.4 is 5.32 Å². The molecule has 1 aromatic heterocycles. The Hall–Kier alpha value is -1.41. The van der Waals surface area contributed by atoms with Crippen molar-refractivity contribution in [2.75, 3.05) is 7.05 Å². The summed E-state index contributed by atoms with van der Waals surface area (Å²) in [7, 11) is 2.03. The smallest absolute Gasteiger partial charge is 0.0705 e. The quantitative estimate of drug-likeness (QED) is 0.882. The first-order valence-electron chi connectivity index (χ1n) is 6.51. The molecule has 0 spiro atoms. The fourth-order valence-electron chi connectivity index (χ4n) is 2.30. The molecule has 0 aliphatic heterocycles. The van der Waals surface area contributed by atoms with Crippen LogP contribution in [0.4, 0.5) is 0 Å². The Morgan fingerprint density at radius 2 is 2.00 bits per heavy atom. The van der Waals surface area contributed by atoms with Gasteiger partial charge in [-0.25, -0.2) is 0 Å². The molecular formula is C16H22N2. The van der Waals surface area contributed by atoms with Crippen molar-refractivity contribution in [1.29, 1.82) is 0 Å². The highest BCUT2D eigenvalue weighted by atomic mass is 14.9. The molecule has 2 heteroatoms. The van der Waals surface area contributed by atoms with E-state index >= 15 is 0 Å². The Kier molecular flexibility index (Phi) is 3.67. The van der Waals surface area contributed by atoms with Crippen LogP contribution >= 0.6 is 0 Å². The summed E-state index contributed by atoms with van der Waals surface area (Å²) < 4.78 is 0. The number of rotatable bonds is 3. The van der Waals surface area contributed by atoms with Gasteiger partial charge in [-0.05, 0) is 36.6 Å². The SMILES string of the molecule is CNC(CC(C)(C)C)c1ccc2cccnc2c1. The first-order valence-corrected chi connectivity index (χ1v) is 6.51. The topological polar surface area (TPSA) is 24.9 Å². The number of aromatic nitrogens is 1. The zero-order valence-corrected chi connectivity index (χ0v) is 11.7. The lowest BCUT2D eigenvalue weighted by Crippen LogP contribution is -2.22. The van der Waals surface area contributed by atoms with E-state index in [-0.39, 0.29) is 0 Å². The Bertz CT molecular complexity index is 526. The second-order valence-corrected chi connectivity index (χ2v) is 6.06. The van der Waals surface area contributed by atoms with Crippen LogP contribution in [0.1, 0.15) is 38.8 Å². The number of benzene rings is 1. The molecule has 1 atom stereocenters. The summed E-state index contributed by atoms with van der Waals surface area (Å²) in [5, 5.41) is 4.61. The normalized spacial score (nSPS) is 13.8. The van der Waals surface area contributed by atoms with E-state index in [9.17, 15) is 0 Å². The Morgan fingerprint density at radius 1 is 1.22 bits per heavy atom. The molecule has 2 nitrogen and oxygen atoms in total. The van der Waals surface area contributed by atoms with E-state index in [1.165, 1.54) is 10.9 Å². The third-order valence-corrected chi connectivity index (χ3v) is 3.20. The van der Waals surface area contributed by atoms with Crippen molar-refractivity contribution >= 4 is 10.9 Å². The van der Waals surface area contributed by atoms with E-state index in [4.69, 9.17) is 0 Å². The maximum atomic E-state index is 4.43. The van der Waals surface area contributed by atoms with Gasteiger partial charge in [0.05, 0.1) is 5.52 Å². The fraction of sp³-hybridized carbons (Fsp3) is 0.438. The van der Waals surface area contributed by atoms with Crippen molar-refractivity contribution in [2.45, 2.75) is 33.2 Å². The molecule has 0 radical (unpaired) electrons. The number of hydrogen-bond donors (Lipinski definition) is 1. The third kappa shape index (κ3) is 3.08. The van der Waals surface area contributed by atoms with Crippen LogP contribution in [0.2, 0.25) is 0 Å². The summed E-state index contributed by atoms with van der Waals surface area (Å²) in [4.78, 5) is 4.43. The van der Waals surface area contributed by atoms with Gasteiger partial charge in [0.1, 0.15) is 0 Å². The Morgan fingerprint density at radius 3 is 2.67 bits per heavy atom. The van der Waals surface area contributed by atoms with Crippen molar-refractivity contribution < 1.29 is 0 Å². The monoisotopic (exact) mass is 242 g/mol. The molecule has 1 aromatic carbocycles. The lowest BCUT2D eigenvalue weighted by atomic mass is 9.85. The molecule has 2 aromatic rings. The van der Waals surface area contributed by atoms with Crippen LogP contribution in [0.5, 0.6) is 0 Å². The van der Waals surface area contributed by atoms with E-state index in [1.807, 2.05) is 19.3 Å². The van der Waals surface area contributed by atoms with E-state index in [2.05, 4.69) is 55.3 Å². The molecule has 0 saturated heterocycles. The highest BCUT2D eigenvalue weighted by molar-refractivity contribution is 5.78. The van der Waals surface area contributed by atoms with Crippen LogP contribution in [0, 0.1) is 5.41 Å². The average molecular weight is 242 g/mol. The zero-order valence-electron chi connectivity index (χ0n) is 11.7. The van der Waals surface area contributed by atoms with Gasteiger partial charge in [0.15, 0.2) is 0 Å². The van der Waals surface area contributed by atoms with Crippen molar-refractivity contribution in [1.82, 2.24) is 10.3 Å². The van der Waals surface area contributed by atoms with Gasteiger partial charge in [0, 0.05) is 17.6 Å². The molecule has 0 bridgehead atoms. The number of hydrogen-bond acceptors (Lipinski definition) is 2. The van der Waals surface area contributed by atoms with Crippen LogP contribution in [0.25, 0.3) is 10.9 Å². The maximum Gasteiger partial charge on any atom is 0.0705 e. The predicted molar refractivity (Wildman–Crippen MR) is 77.6 cm³/mol. The minimum absolute atomic E-state index is 0.312. The van der Waals surface area contributed by atoms with Gasteiger partial charge < -0.3 is 5.32 Å². The lowest BCUT2D eigenvalue weighted by Gasteiger charge is -2.26. The summed E-state index contributed by atoms with van der Waals surface area (Å²) in [6, 6.07) is 11.0. The fourth-order valence-corrected chi connectivity index (χ4v) is 2.30. The maximum absolute atomic E-state index is 4.43. The lowest BCUT2D eigenvalue weighted by molar-refractivity contribution is 0.321. The van der Waals surface area contributed by atoms with Gasteiger partial charge in [0.25, 0.3) is 0 Å². The zero-order chi connectivity index (χ0) is 13.2. The highest BCUT2D eigenvalue weighted by Gasteiger charge is 2.19. The molecule has 18 heavy (non-hydrogen) atoms. The standard InChI is InChI=1S/C16H22N2/c1-16(2,3)11-15(17-4)13-8-7-12-6-5-9-18-14(12)10-13/h5-10,15,17H,11H2,1-4H3. The molecule has 0 aliphatic rings. The van der Waals surface area contributed by atoms with Crippen molar-refractivity contribution in [3.63, 3.8) is 0 Å². The first-order chi connectivity index (χ1) is 8.49. The molecule has 2 rings (SSSR count). The Labute approximate surface area is 109 Å². The molecular weight excluding hydrogens is 220 g/mol. The molecule has 1 N–H and O–H groups in total. The number of fused-ring (bicyclic) bond motifs is 1. The largest absolute Gasteiger partial charge is 0.313 e. The van der Waals surface area contributed by atoms with Crippen molar-refractivity contribution in [3.8, 4) is 0 Å². The molecule has 1 unspecified atom stereocenters. The Balaban J connectivity index is 2.33. The minimum atomic E-state index is 0.312. The second-order valence-electron chi connectivity index (χ2n) is 6.06. The molecule has 0 amide bonds. The molecule has 0 aliphatic carbocycles. The first kappa shape index (κ1) is 13.0. The van der Waals surface area contributed by atoms with Crippen LogP contribution in [-0.4, -0.2) is 12.0 Å².